The normalized spacial score (nSPS) is 12.2. The zero-order chi connectivity index (χ0) is 16.4. The van der Waals surface area contributed by atoms with Crippen LogP contribution in [0, 0.1) is 0 Å². The molecule has 1 rings (SSSR count). The van der Waals surface area contributed by atoms with Crippen molar-refractivity contribution >= 4 is 17.6 Å². The first-order chi connectivity index (χ1) is 9.51. The molecule has 1 aromatic rings. The van der Waals surface area contributed by atoms with Crippen LogP contribution in [0.25, 0.3) is 0 Å². The SMILES string of the molecule is COC(=O)c1c(C(F)(F)F)ncc(CCl)c1OC(F)(F)F. The second-order valence-electron chi connectivity index (χ2n) is 3.51. The van der Waals surface area contributed by atoms with Crippen molar-refractivity contribution in [3.05, 3.63) is 23.0 Å². The Bertz CT molecular complexity index is 543. The van der Waals surface area contributed by atoms with Gasteiger partial charge in [0.05, 0.1) is 13.0 Å². The molecule has 0 fully saturated rings. The Kier molecular flexibility index (Phi) is 4.92. The molecule has 21 heavy (non-hydrogen) atoms. The summed E-state index contributed by atoms with van der Waals surface area (Å²) in [4.78, 5) is 14.3. The fourth-order valence-corrected chi connectivity index (χ4v) is 1.56. The molecule has 1 heterocycles. The summed E-state index contributed by atoms with van der Waals surface area (Å²) in [5, 5.41) is 0. The van der Waals surface area contributed by atoms with Crippen LogP contribution in [0.2, 0.25) is 0 Å². The van der Waals surface area contributed by atoms with Gasteiger partial charge in [-0.3, -0.25) is 4.98 Å². The summed E-state index contributed by atoms with van der Waals surface area (Å²) in [7, 11) is 0.702. The molecule has 0 aliphatic rings. The smallest absolute Gasteiger partial charge is 0.465 e. The van der Waals surface area contributed by atoms with Crippen LogP contribution in [0.3, 0.4) is 0 Å². The first kappa shape index (κ1) is 17.3. The summed E-state index contributed by atoms with van der Waals surface area (Å²) in [5.41, 5.74) is -3.88. The Morgan fingerprint density at radius 1 is 1.29 bits per heavy atom. The minimum Gasteiger partial charge on any atom is -0.465 e. The van der Waals surface area contributed by atoms with Crippen LogP contribution in [0.1, 0.15) is 21.6 Å². The van der Waals surface area contributed by atoms with Crippen LogP contribution in [0.5, 0.6) is 5.75 Å². The highest BCUT2D eigenvalue weighted by molar-refractivity contribution is 6.17. The topological polar surface area (TPSA) is 48.4 Å². The number of alkyl halides is 7. The zero-order valence-electron chi connectivity index (χ0n) is 10.1. The number of ether oxygens (including phenoxy) is 2. The Balaban J connectivity index is 3.66. The van der Waals surface area contributed by atoms with Crippen molar-refractivity contribution in [2.24, 2.45) is 0 Å². The molecule has 4 nitrogen and oxygen atoms in total. The van der Waals surface area contributed by atoms with Gasteiger partial charge in [0.15, 0.2) is 11.4 Å². The van der Waals surface area contributed by atoms with Crippen LogP contribution in [-0.2, 0) is 16.8 Å². The molecule has 1 aromatic heterocycles. The number of carbonyl (C=O) groups excluding carboxylic acids is 1. The van der Waals surface area contributed by atoms with Crippen molar-refractivity contribution < 1.29 is 40.6 Å². The lowest BCUT2D eigenvalue weighted by atomic mass is 10.1. The molecule has 0 unspecified atom stereocenters. The lowest BCUT2D eigenvalue weighted by Gasteiger charge is -2.18. The van der Waals surface area contributed by atoms with Gasteiger partial charge >= 0.3 is 18.5 Å². The summed E-state index contributed by atoms with van der Waals surface area (Å²) in [6.45, 7) is 0. The molecule has 0 atom stereocenters. The van der Waals surface area contributed by atoms with E-state index >= 15 is 0 Å². The number of hydrogen-bond acceptors (Lipinski definition) is 4. The highest BCUT2D eigenvalue weighted by atomic mass is 35.5. The van der Waals surface area contributed by atoms with E-state index in [9.17, 15) is 31.1 Å². The quantitative estimate of drug-likeness (QED) is 0.481. The number of hydrogen-bond donors (Lipinski definition) is 0. The lowest BCUT2D eigenvalue weighted by Crippen LogP contribution is -2.24. The van der Waals surface area contributed by atoms with Gasteiger partial charge in [0.1, 0.15) is 5.56 Å². The van der Waals surface area contributed by atoms with Gasteiger partial charge in [0.25, 0.3) is 0 Å². The predicted molar refractivity (Wildman–Crippen MR) is 56.8 cm³/mol. The van der Waals surface area contributed by atoms with E-state index in [-0.39, 0.29) is 0 Å². The molecule has 0 aliphatic heterocycles. The van der Waals surface area contributed by atoms with Crippen LogP contribution in [0.15, 0.2) is 6.20 Å². The molecule has 0 bridgehead atoms. The Morgan fingerprint density at radius 3 is 2.24 bits per heavy atom. The van der Waals surface area contributed by atoms with E-state index in [1.165, 1.54) is 0 Å². The molecule has 118 valence electrons. The fraction of sp³-hybridized carbons (Fsp3) is 0.400. The molecule has 0 spiro atoms. The first-order valence-corrected chi connectivity index (χ1v) is 5.53. The maximum absolute atomic E-state index is 12.8. The van der Waals surface area contributed by atoms with E-state index in [2.05, 4.69) is 14.5 Å². The van der Waals surface area contributed by atoms with Gasteiger partial charge in [-0.15, -0.1) is 24.8 Å². The van der Waals surface area contributed by atoms with Crippen molar-refractivity contribution in [2.45, 2.75) is 18.4 Å². The van der Waals surface area contributed by atoms with Crippen LogP contribution in [-0.4, -0.2) is 24.4 Å². The van der Waals surface area contributed by atoms with Gasteiger partial charge in [0.2, 0.25) is 0 Å². The van der Waals surface area contributed by atoms with E-state index in [4.69, 9.17) is 11.6 Å². The third kappa shape index (κ3) is 4.13. The predicted octanol–water partition coefficient (Wildman–Crippen LogP) is 3.52. The first-order valence-electron chi connectivity index (χ1n) is 5.00. The molecule has 0 saturated heterocycles. The maximum Gasteiger partial charge on any atom is 0.573 e. The van der Waals surface area contributed by atoms with E-state index in [1.54, 1.807) is 0 Å². The number of pyridine rings is 1. The minimum absolute atomic E-state index is 0.448. The van der Waals surface area contributed by atoms with Gasteiger partial charge in [-0.1, -0.05) is 0 Å². The van der Waals surface area contributed by atoms with Crippen molar-refractivity contribution in [1.82, 2.24) is 4.98 Å². The number of aromatic nitrogens is 1. The monoisotopic (exact) mass is 337 g/mol. The average Bonchev–Trinajstić information content (AvgIpc) is 2.34. The molecule has 11 heteroatoms. The molecule has 0 aliphatic carbocycles. The molecular weight excluding hydrogens is 332 g/mol. The maximum atomic E-state index is 12.8. The molecule has 0 amide bonds. The van der Waals surface area contributed by atoms with Crippen molar-refractivity contribution in [1.29, 1.82) is 0 Å². The second kappa shape index (κ2) is 5.96. The number of nitrogens with zero attached hydrogens (tertiary/aromatic N) is 1. The molecule has 0 aromatic carbocycles. The van der Waals surface area contributed by atoms with Gasteiger partial charge < -0.3 is 9.47 Å². The van der Waals surface area contributed by atoms with Crippen molar-refractivity contribution in [3.63, 3.8) is 0 Å². The van der Waals surface area contributed by atoms with Crippen molar-refractivity contribution in [2.75, 3.05) is 7.11 Å². The largest absolute Gasteiger partial charge is 0.573 e. The summed E-state index contributed by atoms with van der Waals surface area (Å²) >= 11 is 5.33. The van der Waals surface area contributed by atoms with Crippen LogP contribution >= 0.6 is 11.6 Å². The Morgan fingerprint density at radius 2 is 1.86 bits per heavy atom. The number of esters is 1. The Labute approximate surface area is 118 Å². The lowest BCUT2D eigenvalue weighted by molar-refractivity contribution is -0.275. The van der Waals surface area contributed by atoms with E-state index in [1.807, 2.05) is 0 Å². The summed E-state index contributed by atoms with van der Waals surface area (Å²) in [6.07, 6.45) is -10.1. The summed E-state index contributed by atoms with van der Waals surface area (Å²) in [5.74, 6) is -3.71. The van der Waals surface area contributed by atoms with Gasteiger partial charge in [-0.05, 0) is 0 Å². The average molecular weight is 338 g/mol. The highest BCUT2D eigenvalue weighted by Gasteiger charge is 2.43. The molecule has 0 N–H and O–H groups in total. The molecule has 0 radical (unpaired) electrons. The third-order valence-corrected chi connectivity index (χ3v) is 2.41. The highest BCUT2D eigenvalue weighted by Crippen LogP contribution is 2.39. The Hall–Kier alpha value is -1.71. The van der Waals surface area contributed by atoms with Crippen molar-refractivity contribution in [3.8, 4) is 5.75 Å². The number of rotatable bonds is 3. The fourth-order valence-electron chi connectivity index (χ4n) is 1.37. The van der Waals surface area contributed by atoms with Gasteiger partial charge in [-0.2, -0.15) is 13.2 Å². The minimum atomic E-state index is -5.33. The van der Waals surface area contributed by atoms with Crippen LogP contribution in [0.4, 0.5) is 26.3 Å². The second-order valence-corrected chi connectivity index (χ2v) is 3.77. The summed E-state index contributed by atoms with van der Waals surface area (Å²) < 4.78 is 82.7. The van der Waals surface area contributed by atoms with E-state index in [0.29, 0.717) is 13.3 Å². The molecule has 0 saturated carbocycles. The number of methoxy groups -OCH3 is 1. The third-order valence-electron chi connectivity index (χ3n) is 2.12. The zero-order valence-corrected chi connectivity index (χ0v) is 10.9. The van der Waals surface area contributed by atoms with Gasteiger partial charge in [-0.25, -0.2) is 4.79 Å². The number of halogens is 7. The number of carbonyl (C=O) groups is 1. The molecular formula is C10H6ClF6NO3. The van der Waals surface area contributed by atoms with E-state index < -0.39 is 47.0 Å². The summed E-state index contributed by atoms with van der Waals surface area (Å²) in [6, 6.07) is 0. The van der Waals surface area contributed by atoms with Crippen LogP contribution < -0.4 is 4.74 Å². The van der Waals surface area contributed by atoms with Gasteiger partial charge in [0, 0.05) is 11.8 Å². The standard InChI is InChI=1S/C10H6ClF6NO3/c1-20-8(19)5-6(21-10(15,16)17)4(2-11)3-18-7(5)9(12,13)14/h3H,2H2,1H3. The van der Waals surface area contributed by atoms with E-state index in [0.717, 1.165) is 0 Å².